The number of carbonyl (C=O) groups is 3. The Bertz CT molecular complexity index is 1180. The van der Waals surface area contributed by atoms with E-state index in [1.165, 1.54) is 20.8 Å². The number of esters is 3. The highest BCUT2D eigenvalue weighted by atomic mass is 16.6. The molecule has 34 heavy (non-hydrogen) atoms. The molecule has 2 aliphatic carbocycles. The number of furan rings is 1. The van der Waals surface area contributed by atoms with Crippen molar-refractivity contribution in [3.63, 3.8) is 0 Å². The van der Waals surface area contributed by atoms with Crippen LogP contribution in [0.3, 0.4) is 0 Å². The number of hydrogen-bond donors (Lipinski definition) is 1. The van der Waals surface area contributed by atoms with Crippen molar-refractivity contribution in [3.05, 3.63) is 35.1 Å². The standard InChI is InChI=1S/C26H32O8/c1-13-17-8-10-26(30)24(5,6)22(33-15(3)28)21(32-14(2)27)23(34-16(4)29)25(26,7)19(17)12-20-18(13)9-11-31-20/h9,11-12,21-23,30H,8,10H2,1-7H3. The molecule has 0 aliphatic heterocycles. The third kappa shape index (κ3) is 3.18. The van der Waals surface area contributed by atoms with Crippen molar-refractivity contribution >= 4 is 28.9 Å². The molecule has 0 amide bonds. The second kappa shape index (κ2) is 7.83. The summed E-state index contributed by atoms with van der Waals surface area (Å²) in [7, 11) is 0. The van der Waals surface area contributed by atoms with E-state index in [0.717, 1.165) is 22.1 Å². The van der Waals surface area contributed by atoms with Crippen LogP contribution in [-0.4, -0.2) is 46.9 Å². The summed E-state index contributed by atoms with van der Waals surface area (Å²) in [5.74, 6) is -1.80. The molecule has 5 atom stereocenters. The normalized spacial score (nSPS) is 31.8. The molecule has 1 heterocycles. The molecule has 2 aromatic rings. The van der Waals surface area contributed by atoms with Crippen LogP contribution in [0.2, 0.25) is 0 Å². The van der Waals surface area contributed by atoms with E-state index in [-0.39, 0.29) is 0 Å². The molecule has 0 radical (unpaired) electrons. The number of hydrogen-bond acceptors (Lipinski definition) is 8. The summed E-state index contributed by atoms with van der Waals surface area (Å²) in [4.78, 5) is 36.6. The summed E-state index contributed by atoms with van der Waals surface area (Å²) >= 11 is 0. The van der Waals surface area contributed by atoms with E-state index in [1.807, 2.05) is 26.0 Å². The summed E-state index contributed by atoms with van der Waals surface area (Å²) in [6.45, 7) is 11.2. The van der Waals surface area contributed by atoms with Crippen LogP contribution in [0.4, 0.5) is 0 Å². The highest BCUT2D eigenvalue weighted by Crippen LogP contribution is 2.62. The van der Waals surface area contributed by atoms with Gasteiger partial charge in [0.25, 0.3) is 0 Å². The van der Waals surface area contributed by atoms with Crippen LogP contribution in [0.5, 0.6) is 0 Å². The fourth-order valence-corrected chi connectivity index (χ4v) is 6.48. The van der Waals surface area contributed by atoms with Crippen LogP contribution in [0.25, 0.3) is 11.0 Å². The van der Waals surface area contributed by atoms with Crippen molar-refractivity contribution in [2.75, 3.05) is 0 Å². The maximum atomic E-state index is 12.5. The summed E-state index contributed by atoms with van der Waals surface area (Å²) in [5.41, 5.74) is -0.314. The summed E-state index contributed by atoms with van der Waals surface area (Å²) in [6, 6.07) is 3.78. The average molecular weight is 473 g/mol. The Kier molecular flexibility index (Phi) is 5.59. The minimum atomic E-state index is -1.49. The molecule has 1 aromatic heterocycles. The number of benzene rings is 1. The van der Waals surface area contributed by atoms with Crippen molar-refractivity contribution in [1.29, 1.82) is 0 Å². The zero-order chi connectivity index (χ0) is 25.2. The van der Waals surface area contributed by atoms with Gasteiger partial charge in [-0.1, -0.05) is 13.8 Å². The minimum absolute atomic E-state index is 0.329. The lowest BCUT2D eigenvalue weighted by Gasteiger charge is -2.65. The van der Waals surface area contributed by atoms with Gasteiger partial charge in [0, 0.05) is 31.6 Å². The second-order valence-corrected chi connectivity index (χ2v) is 10.3. The Morgan fingerprint density at radius 2 is 1.59 bits per heavy atom. The summed E-state index contributed by atoms with van der Waals surface area (Å²) < 4.78 is 22.9. The van der Waals surface area contributed by atoms with Gasteiger partial charge in [-0.2, -0.15) is 0 Å². The predicted octanol–water partition coefficient (Wildman–Crippen LogP) is 3.51. The van der Waals surface area contributed by atoms with Gasteiger partial charge in [0.1, 0.15) is 5.58 Å². The summed E-state index contributed by atoms with van der Waals surface area (Å²) in [6.07, 6.45) is -0.798. The van der Waals surface area contributed by atoms with Crippen molar-refractivity contribution in [1.82, 2.24) is 0 Å². The molecule has 1 aromatic carbocycles. The maximum absolute atomic E-state index is 12.5. The smallest absolute Gasteiger partial charge is 0.303 e. The number of carbonyl (C=O) groups excluding carboxylic acids is 3. The van der Waals surface area contributed by atoms with Gasteiger partial charge in [-0.25, -0.2) is 0 Å². The first kappa shape index (κ1) is 24.3. The molecule has 1 saturated carbocycles. The number of ether oxygens (including phenoxy) is 3. The van der Waals surface area contributed by atoms with Crippen LogP contribution in [-0.2, 0) is 40.4 Å². The molecule has 0 spiro atoms. The molecule has 1 fully saturated rings. The Balaban J connectivity index is 2.06. The largest absolute Gasteiger partial charge is 0.464 e. The lowest BCUT2D eigenvalue weighted by Crippen LogP contribution is -2.78. The number of aryl methyl sites for hydroxylation is 1. The SMILES string of the molecule is CC(=O)OC1C(OC(C)=O)C(C)(C)C2(O)CCc3c(cc4occc4c3C)C2(C)C1OC(C)=O. The highest BCUT2D eigenvalue weighted by molar-refractivity contribution is 5.84. The second-order valence-electron chi connectivity index (χ2n) is 10.3. The van der Waals surface area contributed by atoms with E-state index in [2.05, 4.69) is 0 Å². The van der Waals surface area contributed by atoms with Crippen LogP contribution < -0.4 is 0 Å². The van der Waals surface area contributed by atoms with E-state index >= 15 is 0 Å². The van der Waals surface area contributed by atoms with Gasteiger partial charge in [0.05, 0.1) is 17.3 Å². The fourth-order valence-electron chi connectivity index (χ4n) is 6.48. The third-order valence-electron chi connectivity index (χ3n) is 8.14. The Labute approximate surface area is 198 Å². The lowest BCUT2D eigenvalue weighted by atomic mass is 9.44. The molecular weight excluding hydrogens is 440 g/mol. The van der Waals surface area contributed by atoms with E-state index in [4.69, 9.17) is 18.6 Å². The number of aliphatic hydroxyl groups is 1. The first-order chi connectivity index (χ1) is 15.8. The molecule has 184 valence electrons. The third-order valence-corrected chi connectivity index (χ3v) is 8.14. The Morgan fingerprint density at radius 3 is 2.18 bits per heavy atom. The number of rotatable bonds is 3. The number of fused-ring (bicyclic) bond motifs is 4. The highest BCUT2D eigenvalue weighted by Gasteiger charge is 2.73. The van der Waals surface area contributed by atoms with E-state index < -0.39 is 52.7 Å². The van der Waals surface area contributed by atoms with Gasteiger partial charge in [0.2, 0.25) is 0 Å². The summed E-state index contributed by atoms with van der Waals surface area (Å²) in [5, 5.41) is 13.5. The zero-order valence-corrected chi connectivity index (χ0v) is 20.7. The maximum Gasteiger partial charge on any atom is 0.303 e. The lowest BCUT2D eigenvalue weighted by molar-refractivity contribution is -0.284. The molecule has 1 N–H and O–H groups in total. The Morgan fingerprint density at radius 1 is 1.00 bits per heavy atom. The van der Waals surface area contributed by atoms with Gasteiger partial charge in [0.15, 0.2) is 18.3 Å². The van der Waals surface area contributed by atoms with Crippen LogP contribution in [0.15, 0.2) is 22.8 Å². The molecular formula is C26H32O8. The first-order valence-electron chi connectivity index (χ1n) is 11.5. The molecule has 5 unspecified atom stereocenters. The van der Waals surface area contributed by atoms with Crippen LogP contribution in [0, 0.1) is 12.3 Å². The minimum Gasteiger partial charge on any atom is -0.464 e. The van der Waals surface area contributed by atoms with Crippen molar-refractivity contribution in [3.8, 4) is 0 Å². The van der Waals surface area contributed by atoms with Crippen molar-refractivity contribution in [2.24, 2.45) is 5.41 Å². The van der Waals surface area contributed by atoms with Gasteiger partial charge in [-0.05, 0) is 55.5 Å². The predicted molar refractivity (Wildman–Crippen MR) is 122 cm³/mol. The Hall–Kier alpha value is -2.87. The van der Waals surface area contributed by atoms with Gasteiger partial charge < -0.3 is 23.7 Å². The fraction of sp³-hybridized carbons (Fsp3) is 0.577. The molecule has 4 rings (SSSR count). The van der Waals surface area contributed by atoms with Crippen molar-refractivity contribution < 1.29 is 38.1 Å². The van der Waals surface area contributed by atoms with Crippen molar-refractivity contribution in [2.45, 2.75) is 90.6 Å². The van der Waals surface area contributed by atoms with Gasteiger partial charge in [-0.15, -0.1) is 0 Å². The topological polar surface area (TPSA) is 112 Å². The first-order valence-corrected chi connectivity index (χ1v) is 11.5. The molecule has 2 aliphatic rings. The van der Waals surface area contributed by atoms with Crippen LogP contribution >= 0.6 is 0 Å². The molecule has 0 bridgehead atoms. The quantitative estimate of drug-likeness (QED) is 0.534. The zero-order valence-electron chi connectivity index (χ0n) is 20.7. The van der Waals surface area contributed by atoms with Gasteiger partial charge >= 0.3 is 17.9 Å². The van der Waals surface area contributed by atoms with E-state index in [1.54, 1.807) is 20.1 Å². The molecule has 8 heteroatoms. The molecule has 8 nitrogen and oxygen atoms in total. The average Bonchev–Trinajstić information content (AvgIpc) is 3.20. The monoisotopic (exact) mass is 472 g/mol. The van der Waals surface area contributed by atoms with Crippen LogP contribution in [0.1, 0.15) is 64.7 Å². The molecule has 0 saturated heterocycles. The van der Waals surface area contributed by atoms with Gasteiger partial charge in [-0.3, -0.25) is 14.4 Å². The van der Waals surface area contributed by atoms with E-state index in [0.29, 0.717) is 18.4 Å². The van der Waals surface area contributed by atoms with E-state index in [9.17, 15) is 19.5 Å².